The molecule has 31 heavy (non-hydrogen) atoms. The lowest BCUT2D eigenvalue weighted by Gasteiger charge is -2.23. The molecule has 1 saturated heterocycles. The molecule has 9 heteroatoms. The van der Waals surface area contributed by atoms with E-state index in [4.69, 9.17) is 11.6 Å². The Kier molecular flexibility index (Phi) is 7.12. The SMILES string of the molecule is CC[C@@H](C)NC(=O)c1cc(NC(=O)c2ccc([N+](=O)[O-])cc2Cl)ccc1N1CCCC1. The molecule has 2 N–H and O–H groups in total. The quantitative estimate of drug-likeness (QED) is 0.478. The second kappa shape index (κ2) is 9.78. The standard InChI is InChI=1S/C22H25ClN4O4/c1-3-14(2)24-22(29)18-12-15(6-9-20(18)26-10-4-5-11-26)25-21(28)17-8-7-16(27(30)31)13-19(17)23/h6-9,12-14H,3-5,10-11H2,1-2H3,(H,24,29)(H,25,28)/t14-/m1/s1. The van der Waals surface area contributed by atoms with Gasteiger partial charge in [-0.05, 0) is 50.5 Å². The largest absolute Gasteiger partial charge is 0.371 e. The van der Waals surface area contributed by atoms with E-state index >= 15 is 0 Å². The van der Waals surface area contributed by atoms with Crippen molar-refractivity contribution < 1.29 is 14.5 Å². The number of nitrogens with zero attached hydrogens (tertiary/aromatic N) is 2. The molecule has 0 spiro atoms. The third kappa shape index (κ3) is 5.32. The molecule has 0 radical (unpaired) electrons. The van der Waals surface area contributed by atoms with E-state index in [9.17, 15) is 19.7 Å². The van der Waals surface area contributed by atoms with Crippen LogP contribution >= 0.6 is 11.6 Å². The number of nitrogens with one attached hydrogen (secondary N) is 2. The van der Waals surface area contributed by atoms with Gasteiger partial charge in [-0.2, -0.15) is 0 Å². The van der Waals surface area contributed by atoms with Gasteiger partial charge in [-0.15, -0.1) is 0 Å². The molecule has 2 amide bonds. The minimum Gasteiger partial charge on any atom is -0.371 e. The number of halogens is 1. The highest BCUT2D eigenvalue weighted by Crippen LogP contribution is 2.29. The van der Waals surface area contributed by atoms with E-state index < -0.39 is 10.8 Å². The molecule has 0 bridgehead atoms. The zero-order valence-corrected chi connectivity index (χ0v) is 18.2. The molecule has 1 atom stereocenters. The monoisotopic (exact) mass is 444 g/mol. The van der Waals surface area contributed by atoms with Gasteiger partial charge in [-0.3, -0.25) is 19.7 Å². The van der Waals surface area contributed by atoms with Crippen molar-refractivity contribution in [2.45, 2.75) is 39.2 Å². The lowest BCUT2D eigenvalue weighted by Crippen LogP contribution is -2.33. The van der Waals surface area contributed by atoms with Gasteiger partial charge in [0, 0.05) is 42.6 Å². The van der Waals surface area contributed by atoms with Gasteiger partial charge in [0.05, 0.1) is 21.1 Å². The van der Waals surface area contributed by atoms with Crippen LogP contribution in [0.1, 0.15) is 53.8 Å². The van der Waals surface area contributed by atoms with Crippen LogP contribution in [0.4, 0.5) is 17.1 Å². The summed E-state index contributed by atoms with van der Waals surface area (Å²) in [5, 5.41) is 16.6. The summed E-state index contributed by atoms with van der Waals surface area (Å²) in [6, 6.07) is 8.93. The predicted octanol–water partition coefficient (Wildman–Crippen LogP) is 4.63. The topological polar surface area (TPSA) is 105 Å². The molecule has 164 valence electrons. The van der Waals surface area contributed by atoms with Gasteiger partial charge in [0.15, 0.2) is 0 Å². The Balaban J connectivity index is 1.87. The molecule has 2 aromatic rings. The zero-order chi connectivity index (χ0) is 22.5. The fourth-order valence-corrected chi connectivity index (χ4v) is 3.69. The first-order valence-electron chi connectivity index (χ1n) is 10.2. The van der Waals surface area contributed by atoms with Crippen LogP contribution in [0, 0.1) is 10.1 Å². The number of hydrogen-bond acceptors (Lipinski definition) is 5. The van der Waals surface area contributed by atoms with Crippen LogP contribution < -0.4 is 15.5 Å². The molecule has 1 fully saturated rings. The average molecular weight is 445 g/mol. The van der Waals surface area contributed by atoms with Crippen LogP contribution in [-0.4, -0.2) is 35.9 Å². The molecule has 0 aliphatic carbocycles. The van der Waals surface area contributed by atoms with Crippen molar-refractivity contribution in [3.63, 3.8) is 0 Å². The van der Waals surface area contributed by atoms with Gasteiger partial charge in [0.25, 0.3) is 17.5 Å². The second-order valence-electron chi connectivity index (χ2n) is 7.58. The van der Waals surface area contributed by atoms with E-state index in [1.165, 1.54) is 12.1 Å². The Labute approximate surface area is 185 Å². The maximum atomic E-state index is 12.9. The number of carbonyl (C=O) groups excluding carboxylic acids is 2. The molecule has 1 aliphatic rings. The molecule has 0 saturated carbocycles. The van der Waals surface area contributed by atoms with E-state index in [-0.39, 0.29) is 28.2 Å². The number of anilines is 2. The predicted molar refractivity (Wildman–Crippen MR) is 121 cm³/mol. The highest BCUT2D eigenvalue weighted by molar-refractivity contribution is 6.34. The Bertz CT molecular complexity index is 1010. The minimum atomic E-state index is -0.577. The number of carbonyl (C=O) groups is 2. The number of benzene rings is 2. The Morgan fingerprint density at radius 3 is 2.45 bits per heavy atom. The van der Waals surface area contributed by atoms with Crippen molar-refractivity contribution in [3.05, 3.63) is 62.7 Å². The highest BCUT2D eigenvalue weighted by Gasteiger charge is 2.22. The van der Waals surface area contributed by atoms with E-state index in [1.54, 1.807) is 12.1 Å². The Morgan fingerprint density at radius 1 is 1.13 bits per heavy atom. The van der Waals surface area contributed by atoms with Crippen molar-refractivity contribution >= 4 is 40.5 Å². The van der Waals surface area contributed by atoms with E-state index in [0.29, 0.717) is 11.3 Å². The van der Waals surface area contributed by atoms with Crippen molar-refractivity contribution in [2.75, 3.05) is 23.3 Å². The van der Waals surface area contributed by atoms with Gasteiger partial charge < -0.3 is 15.5 Å². The Morgan fingerprint density at radius 2 is 1.84 bits per heavy atom. The molecule has 3 rings (SSSR count). The van der Waals surface area contributed by atoms with Crippen LogP contribution in [0.15, 0.2) is 36.4 Å². The normalized spacial score (nSPS) is 14.2. The first-order valence-corrected chi connectivity index (χ1v) is 10.6. The fraction of sp³-hybridized carbons (Fsp3) is 0.364. The van der Waals surface area contributed by atoms with Gasteiger partial charge in [0.2, 0.25) is 0 Å². The summed E-state index contributed by atoms with van der Waals surface area (Å²) in [6.07, 6.45) is 2.95. The maximum absolute atomic E-state index is 12.9. The summed E-state index contributed by atoms with van der Waals surface area (Å²) in [5.41, 5.74) is 1.69. The first-order chi connectivity index (χ1) is 14.8. The summed E-state index contributed by atoms with van der Waals surface area (Å²) in [5.74, 6) is -0.706. The van der Waals surface area contributed by atoms with Crippen LogP contribution in [0.5, 0.6) is 0 Å². The van der Waals surface area contributed by atoms with Crippen LogP contribution in [0.2, 0.25) is 5.02 Å². The molecular weight excluding hydrogens is 420 g/mol. The maximum Gasteiger partial charge on any atom is 0.270 e. The number of non-ortho nitro benzene ring substituents is 1. The lowest BCUT2D eigenvalue weighted by atomic mass is 10.1. The number of hydrogen-bond donors (Lipinski definition) is 2. The third-order valence-electron chi connectivity index (χ3n) is 5.34. The van der Waals surface area contributed by atoms with Gasteiger partial charge in [0.1, 0.15) is 0 Å². The fourth-order valence-electron chi connectivity index (χ4n) is 3.43. The highest BCUT2D eigenvalue weighted by atomic mass is 35.5. The average Bonchev–Trinajstić information content (AvgIpc) is 3.28. The number of amides is 2. The number of nitro benzene ring substituents is 1. The molecule has 0 unspecified atom stereocenters. The first kappa shape index (κ1) is 22.6. The van der Waals surface area contributed by atoms with Crippen molar-refractivity contribution in [1.82, 2.24) is 5.32 Å². The number of nitro groups is 1. The zero-order valence-electron chi connectivity index (χ0n) is 17.5. The van der Waals surface area contributed by atoms with E-state index in [2.05, 4.69) is 15.5 Å². The lowest BCUT2D eigenvalue weighted by molar-refractivity contribution is -0.384. The van der Waals surface area contributed by atoms with E-state index in [0.717, 1.165) is 44.1 Å². The smallest absolute Gasteiger partial charge is 0.270 e. The molecular formula is C22H25ClN4O4. The van der Waals surface area contributed by atoms with E-state index in [1.807, 2.05) is 19.9 Å². The summed E-state index contributed by atoms with van der Waals surface area (Å²) in [7, 11) is 0. The summed E-state index contributed by atoms with van der Waals surface area (Å²) in [6.45, 7) is 5.70. The molecule has 8 nitrogen and oxygen atoms in total. The van der Waals surface area contributed by atoms with Crippen LogP contribution in [0.3, 0.4) is 0 Å². The minimum absolute atomic E-state index is 0.0184. The van der Waals surface area contributed by atoms with Gasteiger partial charge in [-0.1, -0.05) is 18.5 Å². The van der Waals surface area contributed by atoms with Gasteiger partial charge >= 0.3 is 0 Å². The van der Waals surface area contributed by atoms with Crippen molar-refractivity contribution in [2.24, 2.45) is 0 Å². The molecule has 1 heterocycles. The second-order valence-corrected chi connectivity index (χ2v) is 7.99. The third-order valence-corrected chi connectivity index (χ3v) is 5.66. The van der Waals surface area contributed by atoms with Crippen molar-refractivity contribution in [3.8, 4) is 0 Å². The molecule has 0 aromatic heterocycles. The van der Waals surface area contributed by atoms with Crippen LogP contribution in [0.25, 0.3) is 0 Å². The molecule has 2 aromatic carbocycles. The Hall–Kier alpha value is -3.13. The molecule has 1 aliphatic heterocycles. The van der Waals surface area contributed by atoms with Crippen LogP contribution in [-0.2, 0) is 0 Å². The number of rotatable bonds is 7. The summed E-state index contributed by atoms with van der Waals surface area (Å²) >= 11 is 6.06. The summed E-state index contributed by atoms with van der Waals surface area (Å²) in [4.78, 5) is 38.1. The van der Waals surface area contributed by atoms with Gasteiger partial charge in [-0.25, -0.2) is 0 Å². The van der Waals surface area contributed by atoms with Crippen molar-refractivity contribution in [1.29, 1.82) is 0 Å². The summed E-state index contributed by atoms with van der Waals surface area (Å²) < 4.78 is 0.